The quantitative estimate of drug-likeness (QED) is 0.319. The fraction of sp³-hybridized carbons (Fsp3) is 0.967. The van der Waals surface area contributed by atoms with Crippen LogP contribution in [-0.2, 0) is 19.0 Å². The molecule has 3 aliphatic carbocycles. The number of hydrogen-bond acceptors (Lipinski definition) is 4. The summed E-state index contributed by atoms with van der Waals surface area (Å²) in [4.78, 5) is 11.7. The van der Waals surface area contributed by atoms with Gasteiger partial charge in [-0.3, -0.25) is 4.79 Å². The second-order valence-corrected chi connectivity index (χ2v) is 14.4. The van der Waals surface area contributed by atoms with Crippen molar-refractivity contribution >= 4 is 5.97 Å². The second kappa shape index (κ2) is 7.24. The molecular weight excluding hydrogens is 424 g/mol. The molecule has 0 aromatic rings. The van der Waals surface area contributed by atoms with Gasteiger partial charge in [-0.15, -0.1) is 0 Å². The fourth-order valence-electron chi connectivity index (χ4n) is 10.8. The predicted octanol–water partition coefficient (Wildman–Crippen LogP) is 6.69. The fourth-order valence-corrected chi connectivity index (χ4v) is 10.8. The summed E-state index contributed by atoms with van der Waals surface area (Å²) in [6.07, 6.45) is 12.0. The van der Waals surface area contributed by atoms with Crippen LogP contribution in [0, 0.1) is 40.4 Å². The van der Waals surface area contributed by atoms with Crippen LogP contribution in [0.25, 0.3) is 0 Å². The lowest BCUT2D eigenvalue weighted by Gasteiger charge is -2.56. The molecule has 0 radical (unpaired) electrons. The molecule has 3 aliphatic heterocycles. The third-order valence-corrected chi connectivity index (χ3v) is 12.8. The van der Waals surface area contributed by atoms with Gasteiger partial charge in [0.2, 0.25) is 0 Å². The molecular formula is C30H48O4. The normalized spacial score (nSPS) is 54.1. The second-order valence-electron chi connectivity index (χ2n) is 14.4. The average Bonchev–Trinajstić information content (AvgIpc) is 3.12. The van der Waals surface area contributed by atoms with Gasteiger partial charge in [-0.1, -0.05) is 54.4 Å². The standard InChI is InChI=1S/C30H48O4/c1-18(2)19(3)8-9-20(4)23-10-11-24-26(23,6)17-25-30(33-25)27(7)13-12-22(32-21(5)31)16-28(27)14-15-29(24,30)34-28/h18-20,22-25H,8-17H2,1-7H3/t19-,20+,22-,23+,24-,25-,26+,27-,28-,29-,30+/m0/s1. The summed E-state index contributed by atoms with van der Waals surface area (Å²) in [6.45, 7) is 16.3. The summed E-state index contributed by atoms with van der Waals surface area (Å²) in [6, 6.07) is 0. The first-order chi connectivity index (χ1) is 15.9. The molecule has 0 aromatic heterocycles. The van der Waals surface area contributed by atoms with Crippen LogP contribution >= 0.6 is 0 Å². The molecule has 6 rings (SSSR count). The molecule has 0 N–H and O–H groups in total. The summed E-state index contributed by atoms with van der Waals surface area (Å²) in [5.74, 6) is 3.56. The largest absolute Gasteiger partial charge is 0.462 e. The SMILES string of the molecule is CC(=O)O[C@H]1CC[C@@]2(C)[C@]3(CC[C@]4(O3)[C@H]3CC[C@H]([C@H](C)CC[C@H](C)C(C)C)[C@@]3(C)C[C@@H]3O[C@]324)C1. The maximum atomic E-state index is 11.7. The molecule has 6 aliphatic rings. The molecule has 3 spiro atoms. The number of rotatable bonds is 6. The van der Waals surface area contributed by atoms with Crippen molar-refractivity contribution in [3.05, 3.63) is 0 Å². The lowest BCUT2D eigenvalue weighted by molar-refractivity contribution is -0.168. The van der Waals surface area contributed by atoms with Gasteiger partial charge in [-0.25, -0.2) is 0 Å². The molecule has 0 unspecified atom stereocenters. The van der Waals surface area contributed by atoms with Crippen LogP contribution in [0.4, 0.5) is 0 Å². The maximum Gasteiger partial charge on any atom is 0.302 e. The number of fused-ring (bicyclic) bond motifs is 1. The average molecular weight is 473 g/mol. The molecule has 192 valence electrons. The van der Waals surface area contributed by atoms with E-state index in [2.05, 4.69) is 41.5 Å². The molecule has 11 atom stereocenters. The van der Waals surface area contributed by atoms with Crippen molar-refractivity contribution < 1.29 is 19.0 Å². The van der Waals surface area contributed by atoms with E-state index in [0.29, 0.717) is 17.4 Å². The van der Waals surface area contributed by atoms with E-state index < -0.39 is 0 Å². The minimum atomic E-state index is -0.179. The number of esters is 1. The van der Waals surface area contributed by atoms with Crippen LogP contribution in [0.15, 0.2) is 0 Å². The van der Waals surface area contributed by atoms with Gasteiger partial charge >= 0.3 is 5.97 Å². The zero-order valence-electron chi connectivity index (χ0n) is 22.7. The molecule has 0 aromatic carbocycles. The molecule has 2 bridgehead atoms. The summed E-state index contributed by atoms with van der Waals surface area (Å²) in [7, 11) is 0. The Balaban J connectivity index is 1.28. The lowest BCUT2D eigenvalue weighted by Crippen LogP contribution is -2.65. The number of epoxide rings is 1. The molecule has 4 nitrogen and oxygen atoms in total. The van der Waals surface area contributed by atoms with Gasteiger partial charge in [0.05, 0.1) is 11.7 Å². The number of hydrogen-bond donors (Lipinski definition) is 0. The summed E-state index contributed by atoms with van der Waals surface area (Å²) in [5.41, 5.74) is -0.0208. The predicted molar refractivity (Wildman–Crippen MR) is 132 cm³/mol. The summed E-state index contributed by atoms with van der Waals surface area (Å²) < 4.78 is 20.1. The van der Waals surface area contributed by atoms with Gasteiger partial charge in [0, 0.05) is 18.8 Å². The minimum Gasteiger partial charge on any atom is -0.462 e. The number of ether oxygens (including phenoxy) is 3. The molecule has 4 heteroatoms. The van der Waals surface area contributed by atoms with E-state index >= 15 is 0 Å². The zero-order chi connectivity index (χ0) is 24.3. The highest BCUT2D eigenvalue weighted by Gasteiger charge is 2.94. The third kappa shape index (κ3) is 2.66. The van der Waals surface area contributed by atoms with Crippen molar-refractivity contribution in [2.75, 3.05) is 0 Å². The van der Waals surface area contributed by atoms with E-state index in [9.17, 15) is 4.79 Å². The topological polar surface area (TPSA) is 48.1 Å². The maximum absolute atomic E-state index is 11.7. The van der Waals surface area contributed by atoms with E-state index in [1.165, 1.54) is 32.1 Å². The van der Waals surface area contributed by atoms with E-state index in [1.54, 1.807) is 6.92 Å². The Morgan fingerprint density at radius 2 is 1.76 bits per heavy atom. The van der Waals surface area contributed by atoms with Crippen LogP contribution in [0.5, 0.6) is 0 Å². The molecule has 34 heavy (non-hydrogen) atoms. The van der Waals surface area contributed by atoms with Gasteiger partial charge in [-0.2, -0.15) is 0 Å². The van der Waals surface area contributed by atoms with Gasteiger partial charge in [0.15, 0.2) is 0 Å². The van der Waals surface area contributed by atoms with Crippen molar-refractivity contribution in [3.8, 4) is 0 Å². The van der Waals surface area contributed by atoms with E-state index in [0.717, 1.165) is 55.8 Å². The van der Waals surface area contributed by atoms with Crippen LogP contribution in [0.3, 0.4) is 0 Å². The summed E-state index contributed by atoms with van der Waals surface area (Å²) in [5, 5.41) is 0. The Hall–Kier alpha value is -0.610. The molecule has 3 saturated heterocycles. The Morgan fingerprint density at radius 3 is 2.47 bits per heavy atom. The van der Waals surface area contributed by atoms with Gasteiger partial charge in [-0.05, 0) is 80.0 Å². The first-order valence-corrected chi connectivity index (χ1v) is 14.5. The summed E-state index contributed by atoms with van der Waals surface area (Å²) >= 11 is 0. The molecule has 0 amide bonds. The van der Waals surface area contributed by atoms with E-state index in [1.807, 2.05) is 0 Å². The van der Waals surface area contributed by atoms with Gasteiger partial charge in [0.1, 0.15) is 17.3 Å². The van der Waals surface area contributed by atoms with Gasteiger partial charge in [0.25, 0.3) is 0 Å². The smallest absolute Gasteiger partial charge is 0.302 e. The van der Waals surface area contributed by atoms with Gasteiger partial charge < -0.3 is 14.2 Å². The van der Waals surface area contributed by atoms with Crippen molar-refractivity contribution in [1.82, 2.24) is 0 Å². The van der Waals surface area contributed by atoms with Crippen LogP contribution < -0.4 is 0 Å². The highest BCUT2D eigenvalue weighted by atomic mass is 16.7. The Kier molecular flexibility index (Phi) is 5.06. The Labute approximate surface area is 207 Å². The van der Waals surface area contributed by atoms with E-state index in [-0.39, 0.29) is 34.3 Å². The van der Waals surface area contributed by atoms with Crippen LogP contribution in [0.2, 0.25) is 0 Å². The van der Waals surface area contributed by atoms with Crippen molar-refractivity contribution in [3.63, 3.8) is 0 Å². The van der Waals surface area contributed by atoms with Crippen molar-refractivity contribution in [1.29, 1.82) is 0 Å². The first kappa shape index (κ1) is 23.8. The highest BCUT2D eigenvalue weighted by Crippen LogP contribution is 2.85. The lowest BCUT2D eigenvalue weighted by atomic mass is 9.44. The molecule has 6 fully saturated rings. The van der Waals surface area contributed by atoms with Crippen molar-refractivity contribution in [2.24, 2.45) is 40.4 Å². The zero-order valence-corrected chi connectivity index (χ0v) is 22.7. The number of carbonyl (C=O) groups is 1. The minimum absolute atomic E-state index is 0.000146. The van der Waals surface area contributed by atoms with Crippen LogP contribution in [0.1, 0.15) is 113 Å². The van der Waals surface area contributed by atoms with Crippen LogP contribution in [-0.4, -0.2) is 35.0 Å². The van der Waals surface area contributed by atoms with E-state index in [4.69, 9.17) is 14.2 Å². The Morgan fingerprint density at radius 1 is 1.00 bits per heavy atom. The Bertz CT molecular complexity index is 870. The monoisotopic (exact) mass is 472 g/mol. The van der Waals surface area contributed by atoms with Crippen molar-refractivity contribution in [2.45, 2.75) is 142 Å². The highest BCUT2D eigenvalue weighted by molar-refractivity contribution is 5.66. The third-order valence-electron chi connectivity index (χ3n) is 12.8. The first-order valence-electron chi connectivity index (χ1n) is 14.5. The molecule has 3 saturated carbocycles. The molecule has 3 heterocycles. The number of carbonyl (C=O) groups excluding carboxylic acids is 1.